The predicted molar refractivity (Wildman–Crippen MR) is 138 cm³/mol. The molecule has 0 saturated heterocycles. The van der Waals surface area contributed by atoms with E-state index in [1.807, 2.05) is 0 Å². The molecule has 0 aliphatic rings. The highest BCUT2D eigenvalue weighted by Gasteiger charge is 2.24. The van der Waals surface area contributed by atoms with Gasteiger partial charge in [-0.3, -0.25) is 24.0 Å². The molecular weight excluding hydrogens is 524 g/mol. The maximum atomic E-state index is 11.8. The van der Waals surface area contributed by atoms with Crippen LogP contribution in [0.15, 0.2) is 54.6 Å². The van der Waals surface area contributed by atoms with Crippen LogP contribution in [0.25, 0.3) is 0 Å². The molecule has 0 radical (unpaired) electrons. The minimum absolute atomic E-state index is 0.00214. The lowest BCUT2D eigenvalue weighted by atomic mass is 9.84. The number of esters is 5. The molecule has 0 aromatic heterocycles. The van der Waals surface area contributed by atoms with Crippen molar-refractivity contribution in [2.45, 2.75) is 40.5 Å². The van der Waals surface area contributed by atoms with Crippen LogP contribution in [-0.2, 0) is 24.0 Å². The molecule has 0 fully saturated rings. The van der Waals surface area contributed by atoms with E-state index in [0.717, 1.165) is 0 Å². The Balaban J connectivity index is 2.28. The van der Waals surface area contributed by atoms with E-state index in [1.54, 1.807) is 18.2 Å². The fraction of sp³-hybridized carbons (Fsp3) is 0.207. The average molecular weight is 551 g/mol. The molecule has 0 saturated carbocycles. The summed E-state index contributed by atoms with van der Waals surface area (Å²) in [5.74, 6) is -4.43. The van der Waals surface area contributed by atoms with E-state index < -0.39 is 35.8 Å². The van der Waals surface area contributed by atoms with Crippen LogP contribution in [0.1, 0.15) is 57.2 Å². The van der Waals surface area contributed by atoms with Crippen molar-refractivity contribution in [3.05, 3.63) is 71.3 Å². The number of aromatic hydroxyl groups is 1. The fourth-order valence-corrected chi connectivity index (χ4v) is 3.88. The van der Waals surface area contributed by atoms with Crippen LogP contribution in [0.3, 0.4) is 0 Å². The molecule has 3 aromatic carbocycles. The number of carbonyl (C=O) groups excluding carboxylic acids is 5. The van der Waals surface area contributed by atoms with Gasteiger partial charge in [-0.25, -0.2) is 0 Å². The maximum Gasteiger partial charge on any atom is 0.308 e. The van der Waals surface area contributed by atoms with Crippen molar-refractivity contribution in [1.29, 1.82) is 0 Å². The number of carbonyl (C=O) groups is 5. The zero-order chi connectivity index (χ0) is 29.6. The van der Waals surface area contributed by atoms with Crippen LogP contribution in [-0.4, -0.2) is 35.0 Å². The maximum absolute atomic E-state index is 11.8. The molecule has 3 aromatic rings. The molecule has 208 valence electrons. The molecule has 3 rings (SSSR count). The van der Waals surface area contributed by atoms with E-state index in [9.17, 15) is 29.1 Å². The SMILES string of the molecule is CC(=O)Oc1cc(C(c2ccc(OC(C)=O)c(OC(C)=O)c2)c2ccc(OC(C)=O)c(OC(C)=O)c2)ccc1O. The lowest BCUT2D eigenvalue weighted by Gasteiger charge is -2.22. The van der Waals surface area contributed by atoms with E-state index >= 15 is 0 Å². The number of phenolic OH excluding ortho intramolecular Hbond substituents is 1. The molecule has 40 heavy (non-hydrogen) atoms. The molecule has 0 bridgehead atoms. The molecule has 0 amide bonds. The average Bonchev–Trinajstić information content (AvgIpc) is 2.83. The summed E-state index contributed by atoms with van der Waals surface area (Å²) in [6.45, 7) is 5.95. The van der Waals surface area contributed by atoms with Crippen molar-refractivity contribution >= 4 is 29.8 Å². The van der Waals surface area contributed by atoms with E-state index in [4.69, 9.17) is 23.7 Å². The molecular formula is C29H26O11. The number of phenols is 1. The first-order valence-corrected chi connectivity index (χ1v) is 11.9. The lowest BCUT2D eigenvalue weighted by molar-refractivity contribution is -0.134. The Kier molecular flexibility index (Phi) is 9.23. The minimum Gasteiger partial charge on any atom is -0.504 e. The molecule has 0 aliphatic carbocycles. The summed E-state index contributed by atoms with van der Waals surface area (Å²) >= 11 is 0. The predicted octanol–water partition coefficient (Wildman–Crippen LogP) is 4.20. The zero-order valence-corrected chi connectivity index (χ0v) is 22.3. The topological polar surface area (TPSA) is 152 Å². The van der Waals surface area contributed by atoms with Crippen molar-refractivity contribution in [3.8, 4) is 34.5 Å². The second-order valence-corrected chi connectivity index (χ2v) is 8.54. The Hall–Kier alpha value is -5.19. The Morgan fingerprint density at radius 1 is 0.475 bits per heavy atom. The molecule has 0 atom stereocenters. The van der Waals surface area contributed by atoms with Crippen molar-refractivity contribution in [2.24, 2.45) is 0 Å². The summed E-state index contributed by atoms with van der Waals surface area (Å²) in [7, 11) is 0. The lowest BCUT2D eigenvalue weighted by Crippen LogP contribution is -2.11. The summed E-state index contributed by atoms with van der Waals surface area (Å²) in [6.07, 6.45) is 0. The standard InChI is InChI=1S/C29H26O11/c1-15(30)36-24-10-7-21(13-27(24)39-18(4)33)29(20-6-9-23(35)26(12-20)38-17(3)32)22-8-11-25(37-16(2)31)28(14-22)40-19(5)34/h6-14,29,35H,1-5H3. The highest BCUT2D eigenvalue weighted by Crippen LogP contribution is 2.42. The number of ether oxygens (including phenoxy) is 5. The van der Waals surface area contributed by atoms with Crippen molar-refractivity contribution in [2.75, 3.05) is 0 Å². The Morgan fingerprint density at radius 3 is 1.15 bits per heavy atom. The van der Waals surface area contributed by atoms with Gasteiger partial charge in [0.1, 0.15) is 0 Å². The smallest absolute Gasteiger partial charge is 0.308 e. The van der Waals surface area contributed by atoms with Gasteiger partial charge in [-0.15, -0.1) is 0 Å². The summed E-state index contributed by atoms with van der Waals surface area (Å²) in [5.41, 5.74) is 1.50. The van der Waals surface area contributed by atoms with Crippen molar-refractivity contribution in [3.63, 3.8) is 0 Å². The normalized spacial score (nSPS) is 10.4. The van der Waals surface area contributed by atoms with Crippen molar-refractivity contribution in [1.82, 2.24) is 0 Å². The Morgan fingerprint density at radius 2 is 0.775 bits per heavy atom. The highest BCUT2D eigenvalue weighted by molar-refractivity contribution is 5.75. The molecule has 0 heterocycles. The molecule has 1 N–H and O–H groups in total. The van der Waals surface area contributed by atoms with Crippen LogP contribution >= 0.6 is 0 Å². The molecule has 11 heteroatoms. The van der Waals surface area contributed by atoms with E-state index in [0.29, 0.717) is 16.7 Å². The third-order valence-corrected chi connectivity index (χ3v) is 5.19. The Bertz CT molecular complexity index is 1410. The number of hydrogen-bond donors (Lipinski definition) is 1. The van der Waals surface area contributed by atoms with Gasteiger partial charge in [-0.05, 0) is 53.1 Å². The van der Waals surface area contributed by atoms with Gasteiger partial charge in [0, 0.05) is 40.5 Å². The van der Waals surface area contributed by atoms with E-state index in [1.165, 1.54) is 71.0 Å². The first-order valence-electron chi connectivity index (χ1n) is 11.9. The Labute approximate surface area is 229 Å². The van der Waals surface area contributed by atoms with Gasteiger partial charge in [0.05, 0.1) is 0 Å². The summed E-state index contributed by atoms with van der Waals surface area (Å²) < 4.78 is 26.1. The first-order chi connectivity index (χ1) is 18.8. The summed E-state index contributed by atoms with van der Waals surface area (Å²) in [6, 6.07) is 13.4. The fourth-order valence-electron chi connectivity index (χ4n) is 3.88. The second kappa shape index (κ2) is 12.6. The zero-order valence-electron chi connectivity index (χ0n) is 22.3. The molecule has 0 unspecified atom stereocenters. The van der Waals surface area contributed by atoms with Gasteiger partial charge in [0.2, 0.25) is 0 Å². The van der Waals surface area contributed by atoms with Gasteiger partial charge in [0.25, 0.3) is 0 Å². The molecule has 0 aliphatic heterocycles. The minimum atomic E-state index is -0.726. The number of hydrogen-bond acceptors (Lipinski definition) is 11. The quantitative estimate of drug-likeness (QED) is 0.244. The third-order valence-electron chi connectivity index (χ3n) is 5.19. The molecule has 11 nitrogen and oxygen atoms in total. The van der Waals surface area contributed by atoms with Gasteiger partial charge in [0.15, 0.2) is 34.5 Å². The van der Waals surface area contributed by atoms with Crippen molar-refractivity contribution < 1.29 is 52.8 Å². The van der Waals surface area contributed by atoms with E-state index in [2.05, 4.69) is 0 Å². The number of rotatable bonds is 8. The highest BCUT2D eigenvalue weighted by atomic mass is 16.6. The van der Waals surface area contributed by atoms with Gasteiger partial charge in [-0.1, -0.05) is 18.2 Å². The molecule has 0 spiro atoms. The largest absolute Gasteiger partial charge is 0.504 e. The van der Waals surface area contributed by atoms with Crippen LogP contribution < -0.4 is 23.7 Å². The summed E-state index contributed by atoms with van der Waals surface area (Å²) in [4.78, 5) is 58.4. The third kappa shape index (κ3) is 7.67. The van der Waals surface area contributed by atoms with Gasteiger partial charge < -0.3 is 28.8 Å². The van der Waals surface area contributed by atoms with Crippen LogP contribution in [0.5, 0.6) is 34.5 Å². The van der Waals surface area contributed by atoms with Gasteiger partial charge in [-0.2, -0.15) is 0 Å². The van der Waals surface area contributed by atoms with E-state index in [-0.39, 0.29) is 34.5 Å². The summed E-state index contributed by atoms with van der Waals surface area (Å²) in [5, 5.41) is 10.2. The van der Waals surface area contributed by atoms with Crippen LogP contribution in [0.4, 0.5) is 0 Å². The first kappa shape index (κ1) is 29.4. The van der Waals surface area contributed by atoms with Crippen LogP contribution in [0, 0.1) is 0 Å². The monoisotopic (exact) mass is 550 g/mol. The second-order valence-electron chi connectivity index (χ2n) is 8.54. The van der Waals surface area contributed by atoms with Crippen LogP contribution in [0.2, 0.25) is 0 Å². The number of benzene rings is 3. The van der Waals surface area contributed by atoms with Gasteiger partial charge >= 0.3 is 29.8 Å².